The molecule has 0 spiro atoms. The number of sulfonamides is 1. The van der Waals surface area contributed by atoms with Gasteiger partial charge in [0, 0.05) is 25.6 Å². The molecule has 1 aliphatic heterocycles. The standard InChI is InChI=1S/C18H28N2O4S/c1-4-11-19-18(21)15-9-12-20(13-10-15)25(22,23)17-7-5-16(6-8-17)24-14(2)3/h5-8,14-15H,4,9-13H2,1-3H3,(H,19,21). The Morgan fingerprint density at radius 1 is 1.24 bits per heavy atom. The predicted octanol–water partition coefficient (Wildman–Crippen LogP) is 2.40. The van der Waals surface area contributed by atoms with Crippen LogP contribution in [0.1, 0.15) is 40.0 Å². The molecule has 140 valence electrons. The molecule has 0 saturated carbocycles. The third-order valence-electron chi connectivity index (χ3n) is 4.21. The zero-order valence-electron chi connectivity index (χ0n) is 15.2. The molecule has 1 aromatic carbocycles. The van der Waals surface area contributed by atoms with Gasteiger partial charge in [-0.2, -0.15) is 4.31 Å². The van der Waals surface area contributed by atoms with E-state index in [1.807, 2.05) is 20.8 Å². The van der Waals surface area contributed by atoms with Gasteiger partial charge < -0.3 is 10.1 Å². The lowest BCUT2D eigenvalue weighted by atomic mass is 9.97. The highest BCUT2D eigenvalue weighted by molar-refractivity contribution is 7.89. The second-order valence-corrected chi connectivity index (χ2v) is 8.55. The molecule has 1 aromatic rings. The van der Waals surface area contributed by atoms with Crippen LogP contribution in [-0.4, -0.2) is 44.4 Å². The van der Waals surface area contributed by atoms with Gasteiger partial charge in [-0.1, -0.05) is 6.92 Å². The van der Waals surface area contributed by atoms with Crippen molar-refractivity contribution >= 4 is 15.9 Å². The van der Waals surface area contributed by atoms with Gasteiger partial charge in [-0.05, 0) is 57.4 Å². The molecule has 0 unspecified atom stereocenters. The van der Waals surface area contributed by atoms with Gasteiger partial charge in [-0.25, -0.2) is 8.42 Å². The number of hydrogen-bond acceptors (Lipinski definition) is 4. The minimum absolute atomic E-state index is 0.0362. The fraction of sp³-hybridized carbons (Fsp3) is 0.611. The van der Waals surface area contributed by atoms with E-state index in [9.17, 15) is 13.2 Å². The van der Waals surface area contributed by atoms with Crippen LogP contribution in [0.5, 0.6) is 5.75 Å². The van der Waals surface area contributed by atoms with Crippen molar-refractivity contribution in [3.05, 3.63) is 24.3 Å². The Hall–Kier alpha value is -1.60. The normalized spacial score (nSPS) is 16.8. The van der Waals surface area contributed by atoms with Gasteiger partial charge in [0.25, 0.3) is 0 Å². The summed E-state index contributed by atoms with van der Waals surface area (Å²) >= 11 is 0. The number of piperidine rings is 1. The van der Waals surface area contributed by atoms with Crippen molar-refractivity contribution in [2.45, 2.75) is 51.0 Å². The van der Waals surface area contributed by atoms with Gasteiger partial charge in [0.2, 0.25) is 15.9 Å². The molecule has 1 fully saturated rings. The van der Waals surface area contributed by atoms with E-state index in [0.717, 1.165) is 6.42 Å². The van der Waals surface area contributed by atoms with Gasteiger partial charge in [-0.3, -0.25) is 4.79 Å². The van der Waals surface area contributed by atoms with Gasteiger partial charge in [0.1, 0.15) is 5.75 Å². The molecule has 1 N–H and O–H groups in total. The van der Waals surface area contributed by atoms with E-state index in [4.69, 9.17) is 4.74 Å². The molecule has 0 bridgehead atoms. The van der Waals surface area contributed by atoms with Crippen LogP contribution in [0, 0.1) is 5.92 Å². The molecule has 0 radical (unpaired) electrons. The average molecular weight is 368 g/mol. The molecule has 6 nitrogen and oxygen atoms in total. The van der Waals surface area contributed by atoms with Gasteiger partial charge in [0.15, 0.2) is 0 Å². The number of benzene rings is 1. The highest BCUT2D eigenvalue weighted by Crippen LogP contribution is 2.25. The lowest BCUT2D eigenvalue weighted by Crippen LogP contribution is -2.43. The summed E-state index contributed by atoms with van der Waals surface area (Å²) in [5.74, 6) is 0.592. The van der Waals surface area contributed by atoms with Crippen molar-refractivity contribution in [3.8, 4) is 5.75 Å². The number of hydrogen-bond donors (Lipinski definition) is 1. The quantitative estimate of drug-likeness (QED) is 0.802. The SMILES string of the molecule is CCCNC(=O)C1CCN(S(=O)(=O)c2ccc(OC(C)C)cc2)CC1. The van der Waals surface area contributed by atoms with Gasteiger partial charge in [0.05, 0.1) is 11.0 Å². The van der Waals surface area contributed by atoms with E-state index in [1.165, 1.54) is 4.31 Å². The topological polar surface area (TPSA) is 75.7 Å². The summed E-state index contributed by atoms with van der Waals surface area (Å²) in [6, 6.07) is 6.51. The van der Waals surface area contributed by atoms with Crippen molar-refractivity contribution in [1.82, 2.24) is 9.62 Å². The molecular formula is C18H28N2O4S. The summed E-state index contributed by atoms with van der Waals surface area (Å²) in [7, 11) is -3.53. The summed E-state index contributed by atoms with van der Waals surface area (Å²) in [5.41, 5.74) is 0. The highest BCUT2D eigenvalue weighted by atomic mass is 32.2. The van der Waals surface area contributed by atoms with Crippen molar-refractivity contribution < 1.29 is 17.9 Å². The molecule has 1 aliphatic rings. The number of nitrogens with zero attached hydrogens (tertiary/aromatic N) is 1. The molecule has 0 aromatic heterocycles. The van der Waals surface area contributed by atoms with E-state index < -0.39 is 10.0 Å². The molecule has 1 amide bonds. The van der Waals surface area contributed by atoms with Gasteiger partial charge in [-0.15, -0.1) is 0 Å². The van der Waals surface area contributed by atoms with Gasteiger partial charge >= 0.3 is 0 Å². The average Bonchev–Trinajstić information content (AvgIpc) is 2.59. The lowest BCUT2D eigenvalue weighted by molar-refractivity contribution is -0.126. The van der Waals surface area contributed by atoms with Crippen LogP contribution in [0.2, 0.25) is 0 Å². The Bertz CT molecular complexity index is 663. The van der Waals surface area contributed by atoms with Crippen LogP contribution in [-0.2, 0) is 14.8 Å². The molecule has 1 saturated heterocycles. The molecular weight excluding hydrogens is 340 g/mol. The second kappa shape index (κ2) is 8.67. The van der Waals surface area contributed by atoms with Crippen LogP contribution < -0.4 is 10.1 Å². The lowest BCUT2D eigenvalue weighted by Gasteiger charge is -2.30. The maximum atomic E-state index is 12.8. The highest BCUT2D eigenvalue weighted by Gasteiger charge is 2.31. The van der Waals surface area contributed by atoms with Crippen LogP contribution in [0.4, 0.5) is 0 Å². The minimum atomic E-state index is -3.53. The van der Waals surface area contributed by atoms with Crippen molar-refractivity contribution in [2.75, 3.05) is 19.6 Å². The molecule has 2 rings (SSSR count). The zero-order valence-corrected chi connectivity index (χ0v) is 16.0. The Labute approximate surface area is 150 Å². The number of ether oxygens (including phenoxy) is 1. The third-order valence-corrected chi connectivity index (χ3v) is 6.12. The minimum Gasteiger partial charge on any atom is -0.491 e. The first-order chi connectivity index (χ1) is 11.8. The van der Waals surface area contributed by atoms with Crippen LogP contribution in [0.25, 0.3) is 0 Å². The van der Waals surface area contributed by atoms with Crippen LogP contribution >= 0.6 is 0 Å². The maximum absolute atomic E-state index is 12.8. The Balaban J connectivity index is 1.98. The fourth-order valence-electron chi connectivity index (χ4n) is 2.86. The molecule has 1 heterocycles. The molecule has 0 atom stereocenters. The predicted molar refractivity (Wildman–Crippen MR) is 97.0 cm³/mol. The first-order valence-electron chi connectivity index (χ1n) is 8.89. The van der Waals surface area contributed by atoms with E-state index >= 15 is 0 Å². The summed E-state index contributed by atoms with van der Waals surface area (Å²) in [6.07, 6.45) is 2.06. The number of carbonyl (C=O) groups excluding carboxylic acids is 1. The Kier molecular flexibility index (Phi) is 6.84. The van der Waals surface area contributed by atoms with Crippen LogP contribution in [0.15, 0.2) is 29.2 Å². The summed E-state index contributed by atoms with van der Waals surface area (Å²) < 4.78 is 32.5. The first-order valence-corrected chi connectivity index (χ1v) is 10.3. The first kappa shape index (κ1) is 19.7. The van der Waals surface area contributed by atoms with Crippen molar-refractivity contribution in [1.29, 1.82) is 0 Å². The summed E-state index contributed by atoms with van der Waals surface area (Å²) in [4.78, 5) is 12.3. The van der Waals surface area contributed by atoms with Crippen LogP contribution in [0.3, 0.4) is 0 Å². The summed E-state index contributed by atoms with van der Waals surface area (Å²) in [5, 5.41) is 2.89. The maximum Gasteiger partial charge on any atom is 0.243 e. The fourth-order valence-corrected chi connectivity index (χ4v) is 4.33. The molecule has 0 aliphatic carbocycles. The monoisotopic (exact) mass is 368 g/mol. The number of amides is 1. The van der Waals surface area contributed by atoms with E-state index in [1.54, 1.807) is 24.3 Å². The largest absolute Gasteiger partial charge is 0.491 e. The summed E-state index contributed by atoms with van der Waals surface area (Å²) in [6.45, 7) is 7.26. The molecule has 25 heavy (non-hydrogen) atoms. The van der Waals surface area contributed by atoms with Crippen molar-refractivity contribution in [3.63, 3.8) is 0 Å². The van der Waals surface area contributed by atoms with E-state index in [0.29, 0.717) is 38.2 Å². The molecule has 7 heteroatoms. The number of carbonyl (C=O) groups is 1. The number of nitrogens with one attached hydrogen (secondary N) is 1. The van der Waals surface area contributed by atoms with E-state index in [2.05, 4.69) is 5.32 Å². The van der Waals surface area contributed by atoms with E-state index in [-0.39, 0.29) is 22.8 Å². The zero-order chi connectivity index (χ0) is 18.4. The smallest absolute Gasteiger partial charge is 0.243 e. The second-order valence-electron chi connectivity index (χ2n) is 6.61. The Morgan fingerprint density at radius 2 is 1.84 bits per heavy atom. The Morgan fingerprint density at radius 3 is 2.36 bits per heavy atom. The number of rotatable bonds is 7. The van der Waals surface area contributed by atoms with Crippen molar-refractivity contribution in [2.24, 2.45) is 5.92 Å². The third kappa shape index (κ3) is 5.19.